The van der Waals surface area contributed by atoms with E-state index in [0.717, 1.165) is 5.75 Å². The summed E-state index contributed by atoms with van der Waals surface area (Å²) in [5, 5.41) is 0. The van der Waals surface area contributed by atoms with Crippen LogP contribution in [0.1, 0.15) is 11.1 Å². The monoisotopic (exact) mass is 352 g/mol. The van der Waals surface area contributed by atoms with Gasteiger partial charge < -0.3 is 0 Å². The van der Waals surface area contributed by atoms with E-state index in [9.17, 15) is 0 Å². The molecule has 0 fully saturated rings. The first kappa shape index (κ1) is 12.7. The predicted octanol–water partition coefficient (Wildman–Crippen LogP) is 5.23. The summed E-state index contributed by atoms with van der Waals surface area (Å²) in [4.78, 5) is 1.31. The van der Waals surface area contributed by atoms with Gasteiger partial charge in [-0.25, -0.2) is 0 Å². The number of halogens is 1. The SMILES string of the molecule is C=Cc1cccc(CSc2ccc(I)cc2)c1. The Morgan fingerprint density at radius 2 is 1.88 bits per heavy atom. The second-order valence-corrected chi connectivity index (χ2v) is 5.99. The molecular formula is C15H13IS. The second kappa shape index (κ2) is 6.26. The van der Waals surface area contributed by atoms with E-state index < -0.39 is 0 Å². The largest absolute Gasteiger partial charge is 0.121 e. The van der Waals surface area contributed by atoms with Gasteiger partial charge in [-0.2, -0.15) is 0 Å². The van der Waals surface area contributed by atoms with E-state index in [4.69, 9.17) is 0 Å². The van der Waals surface area contributed by atoms with E-state index in [-0.39, 0.29) is 0 Å². The van der Waals surface area contributed by atoms with E-state index in [1.54, 1.807) is 0 Å². The average molecular weight is 352 g/mol. The van der Waals surface area contributed by atoms with Crippen molar-refractivity contribution in [1.29, 1.82) is 0 Å². The third kappa shape index (κ3) is 3.89. The molecule has 2 aromatic carbocycles. The van der Waals surface area contributed by atoms with Crippen LogP contribution in [0, 0.1) is 3.57 Å². The summed E-state index contributed by atoms with van der Waals surface area (Å²) in [6.07, 6.45) is 1.89. The summed E-state index contributed by atoms with van der Waals surface area (Å²) >= 11 is 4.19. The van der Waals surface area contributed by atoms with Gasteiger partial charge in [0.15, 0.2) is 0 Å². The first-order valence-corrected chi connectivity index (χ1v) is 7.44. The molecule has 0 N–H and O–H groups in total. The highest BCUT2D eigenvalue weighted by molar-refractivity contribution is 14.1. The molecule has 0 nitrogen and oxygen atoms in total. The summed E-state index contributed by atoms with van der Waals surface area (Å²) in [5.41, 5.74) is 2.52. The highest BCUT2D eigenvalue weighted by atomic mass is 127. The van der Waals surface area contributed by atoms with Crippen LogP contribution in [0.4, 0.5) is 0 Å². The van der Waals surface area contributed by atoms with Crippen LogP contribution in [0.25, 0.3) is 6.08 Å². The zero-order chi connectivity index (χ0) is 12.1. The fraction of sp³-hybridized carbons (Fsp3) is 0.0667. The van der Waals surface area contributed by atoms with E-state index in [1.807, 2.05) is 17.8 Å². The fourth-order valence-corrected chi connectivity index (χ4v) is 2.71. The summed E-state index contributed by atoms with van der Waals surface area (Å²) in [6.45, 7) is 3.79. The molecule has 0 bridgehead atoms. The van der Waals surface area contributed by atoms with Gasteiger partial charge in [-0.1, -0.05) is 36.9 Å². The van der Waals surface area contributed by atoms with Gasteiger partial charge in [0.2, 0.25) is 0 Å². The quantitative estimate of drug-likeness (QED) is 0.537. The van der Waals surface area contributed by atoms with Crippen molar-refractivity contribution in [2.75, 3.05) is 0 Å². The summed E-state index contributed by atoms with van der Waals surface area (Å²) in [6, 6.07) is 17.1. The minimum atomic E-state index is 1.00. The smallest absolute Gasteiger partial charge is 0.0232 e. The summed E-state index contributed by atoms with van der Waals surface area (Å²) in [7, 11) is 0. The number of rotatable bonds is 4. The molecule has 0 aromatic heterocycles. The lowest BCUT2D eigenvalue weighted by Crippen LogP contribution is -1.82. The predicted molar refractivity (Wildman–Crippen MR) is 85.3 cm³/mol. The molecule has 17 heavy (non-hydrogen) atoms. The lowest BCUT2D eigenvalue weighted by atomic mass is 10.1. The van der Waals surface area contributed by atoms with E-state index >= 15 is 0 Å². The highest BCUT2D eigenvalue weighted by Crippen LogP contribution is 2.23. The Kier molecular flexibility index (Phi) is 4.68. The molecule has 0 heterocycles. The molecule has 0 aliphatic heterocycles. The van der Waals surface area contributed by atoms with Gasteiger partial charge in [0.05, 0.1) is 0 Å². The van der Waals surface area contributed by atoms with Crippen LogP contribution < -0.4 is 0 Å². The number of hydrogen-bond acceptors (Lipinski definition) is 1. The Bertz CT molecular complexity index is 503. The van der Waals surface area contributed by atoms with Gasteiger partial charge in [0.1, 0.15) is 0 Å². The molecule has 0 saturated heterocycles. The number of benzene rings is 2. The van der Waals surface area contributed by atoms with Gasteiger partial charge in [-0.15, -0.1) is 11.8 Å². The van der Waals surface area contributed by atoms with Crippen molar-refractivity contribution < 1.29 is 0 Å². The Morgan fingerprint density at radius 1 is 1.12 bits per heavy atom. The van der Waals surface area contributed by atoms with Gasteiger partial charge >= 0.3 is 0 Å². The summed E-state index contributed by atoms with van der Waals surface area (Å²) in [5.74, 6) is 1.00. The first-order valence-electron chi connectivity index (χ1n) is 5.37. The maximum Gasteiger partial charge on any atom is 0.0232 e. The maximum atomic E-state index is 3.79. The van der Waals surface area contributed by atoms with Gasteiger partial charge in [-0.3, -0.25) is 0 Å². The Balaban J connectivity index is 2.01. The first-order chi connectivity index (χ1) is 8.28. The molecule has 0 saturated carbocycles. The van der Waals surface area contributed by atoms with Crippen molar-refractivity contribution >= 4 is 40.4 Å². The molecule has 2 heteroatoms. The second-order valence-electron chi connectivity index (χ2n) is 3.69. The minimum absolute atomic E-state index is 1.00. The van der Waals surface area contributed by atoms with Crippen molar-refractivity contribution in [2.24, 2.45) is 0 Å². The van der Waals surface area contributed by atoms with Crippen LogP contribution >= 0.6 is 34.4 Å². The van der Waals surface area contributed by atoms with E-state index in [1.165, 1.54) is 19.6 Å². The summed E-state index contributed by atoms with van der Waals surface area (Å²) < 4.78 is 1.28. The standard InChI is InChI=1S/C15H13IS/c1-2-12-4-3-5-13(10-12)11-17-15-8-6-14(16)7-9-15/h2-10H,1,11H2. The number of hydrogen-bond donors (Lipinski definition) is 0. The van der Waals surface area contributed by atoms with Gasteiger partial charge in [-0.05, 0) is 58.0 Å². The lowest BCUT2D eigenvalue weighted by Gasteiger charge is -2.03. The molecule has 0 unspecified atom stereocenters. The zero-order valence-corrected chi connectivity index (χ0v) is 12.4. The van der Waals surface area contributed by atoms with E-state index in [2.05, 4.69) is 77.7 Å². The van der Waals surface area contributed by atoms with Crippen molar-refractivity contribution in [3.8, 4) is 0 Å². The lowest BCUT2D eigenvalue weighted by molar-refractivity contribution is 1.37. The average Bonchev–Trinajstić information content (AvgIpc) is 2.38. The Hall–Kier alpha value is -0.740. The molecule has 0 aliphatic rings. The molecule has 0 aliphatic carbocycles. The molecule has 2 rings (SSSR count). The molecule has 86 valence electrons. The molecular weight excluding hydrogens is 339 g/mol. The van der Waals surface area contributed by atoms with Crippen molar-refractivity contribution in [3.63, 3.8) is 0 Å². The minimum Gasteiger partial charge on any atom is -0.121 e. The zero-order valence-electron chi connectivity index (χ0n) is 9.40. The van der Waals surface area contributed by atoms with Crippen LogP contribution in [0.5, 0.6) is 0 Å². The van der Waals surface area contributed by atoms with Crippen molar-refractivity contribution in [1.82, 2.24) is 0 Å². The van der Waals surface area contributed by atoms with Crippen LogP contribution in [-0.4, -0.2) is 0 Å². The Labute approximate surface area is 120 Å². The normalized spacial score (nSPS) is 10.2. The third-order valence-corrected chi connectivity index (χ3v) is 4.21. The van der Waals surface area contributed by atoms with Crippen LogP contribution in [0.3, 0.4) is 0 Å². The molecule has 0 radical (unpaired) electrons. The molecule has 2 aromatic rings. The molecule has 0 atom stereocenters. The van der Waals surface area contributed by atoms with Gasteiger partial charge in [0.25, 0.3) is 0 Å². The van der Waals surface area contributed by atoms with Crippen LogP contribution in [0.2, 0.25) is 0 Å². The maximum absolute atomic E-state index is 3.79. The number of thioether (sulfide) groups is 1. The third-order valence-electron chi connectivity index (χ3n) is 2.41. The van der Waals surface area contributed by atoms with Crippen molar-refractivity contribution in [2.45, 2.75) is 10.6 Å². The van der Waals surface area contributed by atoms with E-state index in [0.29, 0.717) is 0 Å². The topological polar surface area (TPSA) is 0 Å². The Morgan fingerprint density at radius 3 is 2.59 bits per heavy atom. The van der Waals surface area contributed by atoms with Crippen LogP contribution in [-0.2, 0) is 5.75 Å². The van der Waals surface area contributed by atoms with Crippen LogP contribution in [0.15, 0.2) is 60.0 Å². The highest BCUT2D eigenvalue weighted by Gasteiger charge is 1.97. The molecule has 0 spiro atoms. The molecule has 0 amide bonds. The van der Waals surface area contributed by atoms with Gasteiger partial charge in [0, 0.05) is 14.2 Å². The van der Waals surface area contributed by atoms with Crippen molar-refractivity contribution in [3.05, 3.63) is 69.8 Å². The fourth-order valence-electron chi connectivity index (χ4n) is 1.51.